The predicted octanol–water partition coefficient (Wildman–Crippen LogP) is 5.48. The summed E-state index contributed by atoms with van der Waals surface area (Å²) in [7, 11) is 0. The highest BCUT2D eigenvalue weighted by Gasteiger charge is 2.26. The van der Waals surface area contributed by atoms with Crippen molar-refractivity contribution < 1.29 is 0 Å². The third kappa shape index (κ3) is 3.97. The van der Waals surface area contributed by atoms with Gasteiger partial charge in [-0.1, -0.05) is 40.0 Å². The zero-order chi connectivity index (χ0) is 15.4. The summed E-state index contributed by atoms with van der Waals surface area (Å²) in [4.78, 5) is 9.74. The van der Waals surface area contributed by atoms with Crippen molar-refractivity contribution in [3.8, 4) is 0 Å². The molecule has 118 valence electrons. The first kappa shape index (κ1) is 16.7. The Kier molecular flexibility index (Phi) is 6.03. The van der Waals surface area contributed by atoms with Crippen LogP contribution in [-0.2, 0) is 0 Å². The third-order valence-electron chi connectivity index (χ3n) is 4.51. The summed E-state index contributed by atoms with van der Waals surface area (Å²) in [5.74, 6) is 3.80. The molecule has 3 nitrogen and oxygen atoms in total. The number of halogens is 1. The fourth-order valence-electron chi connectivity index (χ4n) is 3.23. The highest BCUT2D eigenvalue weighted by molar-refractivity contribution is 9.10. The number of nitrogens with one attached hydrogen (secondary N) is 1. The average Bonchev–Trinajstić information content (AvgIpc) is 2.49. The number of anilines is 1. The van der Waals surface area contributed by atoms with Crippen LogP contribution in [0.15, 0.2) is 4.47 Å². The molecule has 1 aliphatic carbocycles. The van der Waals surface area contributed by atoms with Gasteiger partial charge < -0.3 is 5.32 Å². The molecule has 4 heteroatoms. The van der Waals surface area contributed by atoms with E-state index >= 15 is 0 Å². The summed E-state index contributed by atoms with van der Waals surface area (Å²) in [5, 5.41) is 3.38. The van der Waals surface area contributed by atoms with E-state index in [-0.39, 0.29) is 0 Å². The van der Waals surface area contributed by atoms with E-state index in [4.69, 9.17) is 9.97 Å². The Balaban J connectivity index is 2.33. The van der Waals surface area contributed by atoms with Gasteiger partial charge in [0.15, 0.2) is 0 Å². The van der Waals surface area contributed by atoms with Crippen molar-refractivity contribution in [3.63, 3.8) is 0 Å². The van der Waals surface area contributed by atoms with Crippen molar-refractivity contribution in [1.29, 1.82) is 0 Å². The molecule has 0 bridgehead atoms. The number of rotatable bonds is 5. The smallest absolute Gasteiger partial charge is 0.144 e. The molecule has 1 N–H and O–H groups in total. The van der Waals surface area contributed by atoms with Crippen LogP contribution in [-0.4, -0.2) is 16.5 Å². The maximum Gasteiger partial charge on any atom is 0.144 e. The van der Waals surface area contributed by atoms with E-state index in [0.717, 1.165) is 34.3 Å². The second-order valence-electron chi connectivity index (χ2n) is 6.45. The lowest BCUT2D eigenvalue weighted by molar-refractivity contribution is 0.307. The highest BCUT2D eigenvalue weighted by Crippen LogP contribution is 2.38. The van der Waals surface area contributed by atoms with Crippen LogP contribution in [0.25, 0.3) is 0 Å². The van der Waals surface area contributed by atoms with Gasteiger partial charge >= 0.3 is 0 Å². The summed E-state index contributed by atoms with van der Waals surface area (Å²) in [6.07, 6.45) is 6.46. The Bertz CT molecular complexity index is 473. The van der Waals surface area contributed by atoms with E-state index in [1.165, 1.54) is 32.1 Å². The van der Waals surface area contributed by atoms with Gasteiger partial charge in [0.05, 0.1) is 10.2 Å². The van der Waals surface area contributed by atoms with Crippen LogP contribution in [0, 0.1) is 5.92 Å². The first-order valence-electron chi connectivity index (χ1n) is 8.37. The van der Waals surface area contributed by atoms with E-state index in [9.17, 15) is 0 Å². The summed E-state index contributed by atoms with van der Waals surface area (Å²) in [6.45, 7) is 9.69. The molecular weight excluding hydrogens is 326 g/mol. The number of hydrogen-bond donors (Lipinski definition) is 1. The highest BCUT2D eigenvalue weighted by atomic mass is 79.9. The van der Waals surface area contributed by atoms with Crippen LogP contribution in [0.1, 0.15) is 83.2 Å². The molecular formula is C17H28BrN3. The van der Waals surface area contributed by atoms with E-state index in [1.807, 2.05) is 0 Å². The lowest BCUT2D eigenvalue weighted by Crippen LogP contribution is -2.18. The standard InChI is InChI=1S/C17H28BrN3/c1-5-12-8-7-9-13(10-12)16-20-15(11(3)4)14(18)17(21-16)19-6-2/h11-13H,5-10H2,1-4H3,(H,19,20,21). The molecule has 0 aromatic carbocycles. The van der Waals surface area contributed by atoms with Crippen molar-refractivity contribution in [2.24, 2.45) is 5.92 Å². The zero-order valence-corrected chi connectivity index (χ0v) is 15.3. The molecule has 1 aromatic rings. The molecule has 21 heavy (non-hydrogen) atoms. The maximum absolute atomic E-state index is 4.91. The topological polar surface area (TPSA) is 37.8 Å². The molecule has 2 unspecified atom stereocenters. The van der Waals surface area contributed by atoms with Gasteiger partial charge in [-0.25, -0.2) is 9.97 Å². The van der Waals surface area contributed by atoms with Gasteiger partial charge in [-0.05, 0) is 47.5 Å². The van der Waals surface area contributed by atoms with Crippen molar-refractivity contribution in [2.75, 3.05) is 11.9 Å². The van der Waals surface area contributed by atoms with Gasteiger partial charge in [0.25, 0.3) is 0 Å². The molecule has 1 aliphatic rings. The minimum Gasteiger partial charge on any atom is -0.369 e. The molecule has 2 atom stereocenters. The molecule has 0 saturated heterocycles. The third-order valence-corrected chi connectivity index (χ3v) is 5.29. The summed E-state index contributed by atoms with van der Waals surface area (Å²) >= 11 is 3.68. The molecule has 1 aromatic heterocycles. The number of nitrogens with zero attached hydrogens (tertiary/aromatic N) is 2. The summed E-state index contributed by atoms with van der Waals surface area (Å²) < 4.78 is 1.03. The van der Waals surface area contributed by atoms with Gasteiger partial charge in [-0.3, -0.25) is 0 Å². The quantitative estimate of drug-likeness (QED) is 0.761. The van der Waals surface area contributed by atoms with Gasteiger partial charge in [-0.15, -0.1) is 0 Å². The van der Waals surface area contributed by atoms with E-state index in [2.05, 4.69) is 48.9 Å². The molecule has 1 saturated carbocycles. The van der Waals surface area contributed by atoms with Crippen molar-refractivity contribution in [1.82, 2.24) is 9.97 Å². The lowest BCUT2D eigenvalue weighted by atomic mass is 9.80. The van der Waals surface area contributed by atoms with Crippen molar-refractivity contribution in [3.05, 3.63) is 16.0 Å². The molecule has 2 rings (SSSR count). The molecule has 0 amide bonds. The fraction of sp³-hybridized carbons (Fsp3) is 0.765. The second kappa shape index (κ2) is 7.57. The summed E-state index contributed by atoms with van der Waals surface area (Å²) in [6, 6.07) is 0. The summed E-state index contributed by atoms with van der Waals surface area (Å²) in [5.41, 5.74) is 1.13. The predicted molar refractivity (Wildman–Crippen MR) is 93.0 cm³/mol. The molecule has 1 heterocycles. The second-order valence-corrected chi connectivity index (χ2v) is 7.25. The normalized spacial score (nSPS) is 22.6. The van der Waals surface area contributed by atoms with Crippen molar-refractivity contribution >= 4 is 21.7 Å². The largest absolute Gasteiger partial charge is 0.369 e. The number of aromatic nitrogens is 2. The minimum absolute atomic E-state index is 0.407. The lowest BCUT2D eigenvalue weighted by Gasteiger charge is -2.28. The van der Waals surface area contributed by atoms with Crippen LogP contribution in [0.3, 0.4) is 0 Å². The van der Waals surface area contributed by atoms with E-state index in [0.29, 0.717) is 11.8 Å². The Hall–Kier alpha value is -0.640. The Morgan fingerprint density at radius 3 is 2.62 bits per heavy atom. The molecule has 1 fully saturated rings. The first-order chi connectivity index (χ1) is 10.1. The SMILES string of the molecule is CCNc1nc(C2CCCC(CC)C2)nc(C(C)C)c1Br. The molecule has 0 aliphatic heterocycles. The van der Waals surface area contributed by atoms with Gasteiger partial charge in [0.2, 0.25) is 0 Å². The minimum atomic E-state index is 0.407. The van der Waals surface area contributed by atoms with Crippen LogP contribution < -0.4 is 5.32 Å². The van der Waals surface area contributed by atoms with Gasteiger partial charge in [0, 0.05) is 12.5 Å². The van der Waals surface area contributed by atoms with Crippen LogP contribution in [0.2, 0.25) is 0 Å². The molecule has 0 radical (unpaired) electrons. The molecule has 0 spiro atoms. The average molecular weight is 354 g/mol. The fourth-order valence-corrected chi connectivity index (χ4v) is 4.00. The van der Waals surface area contributed by atoms with Gasteiger partial charge in [-0.2, -0.15) is 0 Å². The zero-order valence-electron chi connectivity index (χ0n) is 13.7. The van der Waals surface area contributed by atoms with Gasteiger partial charge in [0.1, 0.15) is 11.6 Å². The van der Waals surface area contributed by atoms with Crippen LogP contribution in [0.4, 0.5) is 5.82 Å². The monoisotopic (exact) mass is 353 g/mol. The first-order valence-corrected chi connectivity index (χ1v) is 9.17. The van der Waals surface area contributed by atoms with Crippen LogP contribution >= 0.6 is 15.9 Å². The van der Waals surface area contributed by atoms with E-state index in [1.54, 1.807) is 0 Å². The Morgan fingerprint density at radius 2 is 2.00 bits per heavy atom. The van der Waals surface area contributed by atoms with Crippen LogP contribution in [0.5, 0.6) is 0 Å². The maximum atomic E-state index is 4.91. The number of hydrogen-bond acceptors (Lipinski definition) is 3. The Labute approximate surface area is 137 Å². The Morgan fingerprint density at radius 1 is 1.24 bits per heavy atom. The van der Waals surface area contributed by atoms with E-state index < -0.39 is 0 Å². The van der Waals surface area contributed by atoms with Crippen molar-refractivity contribution in [2.45, 2.75) is 71.6 Å².